The minimum atomic E-state index is -0.119. The molecule has 1 aromatic rings. The molecule has 0 spiro atoms. The first kappa shape index (κ1) is 14.5. The molecule has 4 heteroatoms. The second-order valence-electron chi connectivity index (χ2n) is 5.06. The van der Waals surface area contributed by atoms with Crippen molar-refractivity contribution in [2.24, 2.45) is 0 Å². The highest BCUT2D eigenvalue weighted by Gasteiger charge is 2.32. The van der Waals surface area contributed by atoms with Crippen LogP contribution in [0.1, 0.15) is 24.8 Å². The molecule has 1 heterocycles. The number of alkyl halides is 1. The van der Waals surface area contributed by atoms with E-state index in [1.54, 1.807) is 0 Å². The molecule has 0 bridgehead atoms. The Labute approximate surface area is 122 Å². The highest BCUT2D eigenvalue weighted by Crippen LogP contribution is 2.23. The molecule has 104 valence electrons. The van der Waals surface area contributed by atoms with E-state index < -0.39 is 0 Å². The van der Waals surface area contributed by atoms with Crippen molar-refractivity contribution in [3.63, 3.8) is 0 Å². The largest absolute Gasteiger partial charge is 0.381 e. The number of amides is 1. The standard InChI is InChI=1S/C15H20BrNO2/c16-12-15(8-10-19-11-9-15)17-14(18)7-6-13-4-2-1-3-5-13/h1-5H,6-12H2,(H,17,18). The van der Waals surface area contributed by atoms with E-state index in [-0.39, 0.29) is 11.4 Å². The Balaban J connectivity index is 1.83. The van der Waals surface area contributed by atoms with Gasteiger partial charge in [0.1, 0.15) is 0 Å². The van der Waals surface area contributed by atoms with Crippen molar-refractivity contribution in [2.75, 3.05) is 18.5 Å². The lowest BCUT2D eigenvalue weighted by Crippen LogP contribution is -2.53. The van der Waals surface area contributed by atoms with Crippen LogP contribution in [0.3, 0.4) is 0 Å². The molecule has 1 amide bonds. The van der Waals surface area contributed by atoms with Gasteiger partial charge in [0.05, 0.1) is 5.54 Å². The second-order valence-corrected chi connectivity index (χ2v) is 5.62. The molecule has 0 unspecified atom stereocenters. The summed E-state index contributed by atoms with van der Waals surface area (Å²) in [6.07, 6.45) is 3.10. The van der Waals surface area contributed by atoms with Gasteiger partial charge >= 0.3 is 0 Å². The zero-order chi connectivity index (χ0) is 13.6. The lowest BCUT2D eigenvalue weighted by atomic mass is 9.92. The maximum Gasteiger partial charge on any atom is 0.220 e. The van der Waals surface area contributed by atoms with Crippen LogP contribution < -0.4 is 5.32 Å². The number of halogens is 1. The van der Waals surface area contributed by atoms with Crippen LogP contribution in [0.25, 0.3) is 0 Å². The van der Waals surface area contributed by atoms with Gasteiger partial charge < -0.3 is 10.1 Å². The van der Waals surface area contributed by atoms with Crippen molar-refractivity contribution in [2.45, 2.75) is 31.2 Å². The Morgan fingerprint density at radius 2 is 1.95 bits per heavy atom. The summed E-state index contributed by atoms with van der Waals surface area (Å²) in [5, 5.41) is 3.98. The quantitative estimate of drug-likeness (QED) is 0.845. The summed E-state index contributed by atoms with van der Waals surface area (Å²) in [5.74, 6) is 0.130. The van der Waals surface area contributed by atoms with Crippen molar-refractivity contribution in [3.05, 3.63) is 35.9 Å². The highest BCUT2D eigenvalue weighted by atomic mass is 79.9. The van der Waals surface area contributed by atoms with E-state index in [2.05, 4.69) is 33.4 Å². The molecule has 3 nitrogen and oxygen atoms in total. The Bertz CT molecular complexity index is 402. The molecule has 1 saturated heterocycles. The van der Waals surface area contributed by atoms with Gasteiger partial charge in [0.2, 0.25) is 5.91 Å². The summed E-state index contributed by atoms with van der Waals surface area (Å²) >= 11 is 3.52. The number of rotatable bonds is 5. The van der Waals surface area contributed by atoms with Gasteiger partial charge in [-0.2, -0.15) is 0 Å². The van der Waals surface area contributed by atoms with E-state index >= 15 is 0 Å². The fraction of sp³-hybridized carbons (Fsp3) is 0.533. The third kappa shape index (κ3) is 4.32. The van der Waals surface area contributed by atoms with Crippen molar-refractivity contribution < 1.29 is 9.53 Å². The number of hydrogen-bond acceptors (Lipinski definition) is 2. The molecule has 0 aliphatic carbocycles. The molecule has 1 fully saturated rings. The number of ether oxygens (including phenoxy) is 1. The number of carbonyl (C=O) groups is 1. The van der Waals surface area contributed by atoms with Gasteiger partial charge in [0.15, 0.2) is 0 Å². The van der Waals surface area contributed by atoms with E-state index in [0.29, 0.717) is 6.42 Å². The van der Waals surface area contributed by atoms with Gasteiger partial charge in [-0.1, -0.05) is 46.3 Å². The van der Waals surface area contributed by atoms with Gasteiger partial charge in [-0.25, -0.2) is 0 Å². The number of carbonyl (C=O) groups excluding carboxylic acids is 1. The molecule has 2 rings (SSSR count). The maximum atomic E-state index is 12.1. The first-order valence-corrected chi connectivity index (χ1v) is 7.85. The fourth-order valence-electron chi connectivity index (χ4n) is 2.31. The highest BCUT2D eigenvalue weighted by molar-refractivity contribution is 9.09. The summed E-state index contributed by atoms with van der Waals surface area (Å²) < 4.78 is 5.37. The van der Waals surface area contributed by atoms with Gasteiger partial charge in [-0.05, 0) is 24.8 Å². The summed E-state index contributed by atoms with van der Waals surface area (Å²) in [6.45, 7) is 1.45. The van der Waals surface area contributed by atoms with Crippen LogP contribution in [-0.2, 0) is 16.0 Å². The van der Waals surface area contributed by atoms with Gasteiger partial charge in [-0.3, -0.25) is 4.79 Å². The minimum absolute atomic E-state index is 0.119. The van der Waals surface area contributed by atoms with E-state index in [0.717, 1.165) is 37.8 Å². The predicted octanol–water partition coefficient (Wildman–Crippen LogP) is 2.68. The van der Waals surface area contributed by atoms with Gasteiger partial charge in [-0.15, -0.1) is 0 Å². The van der Waals surface area contributed by atoms with Crippen molar-refractivity contribution in [1.82, 2.24) is 5.32 Å². The molecule has 1 aliphatic rings. The van der Waals surface area contributed by atoms with Crippen molar-refractivity contribution >= 4 is 21.8 Å². The zero-order valence-electron chi connectivity index (χ0n) is 11.0. The second kappa shape index (κ2) is 7.06. The first-order valence-electron chi connectivity index (χ1n) is 6.73. The Morgan fingerprint density at radius 1 is 1.26 bits per heavy atom. The zero-order valence-corrected chi connectivity index (χ0v) is 12.6. The number of benzene rings is 1. The fourth-order valence-corrected chi connectivity index (χ4v) is 3.02. The van der Waals surface area contributed by atoms with Crippen molar-refractivity contribution in [1.29, 1.82) is 0 Å². The average molecular weight is 326 g/mol. The Morgan fingerprint density at radius 3 is 2.58 bits per heavy atom. The van der Waals surface area contributed by atoms with E-state index in [9.17, 15) is 4.79 Å². The molecule has 1 N–H and O–H groups in total. The normalized spacial score (nSPS) is 17.9. The summed E-state index contributed by atoms with van der Waals surface area (Å²) in [4.78, 5) is 12.1. The monoisotopic (exact) mass is 325 g/mol. The minimum Gasteiger partial charge on any atom is -0.381 e. The molecule has 0 atom stereocenters. The summed E-state index contributed by atoms with van der Waals surface area (Å²) in [6, 6.07) is 10.1. The lowest BCUT2D eigenvalue weighted by Gasteiger charge is -2.36. The average Bonchev–Trinajstić information content (AvgIpc) is 2.47. The number of aryl methyl sites for hydroxylation is 1. The van der Waals surface area contributed by atoms with E-state index in [4.69, 9.17) is 4.74 Å². The lowest BCUT2D eigenvalue weighted by molar-refractivity contribution is -0.123. The molecule has 0 saturated carbocycles. The molecule has 1 aliphatic heterocycles. The maximum absolute atomic E-state index is 12.1. The third-order valence-corrected chi connectivity index (χ3v) is 4.67. The first-order chi connectivity index (χ1) is 9.24. The van der Waals surface area contributed by atoms with E-state index in [1.165, 1.54) is 5.56 Å². The van der Waals surface area contributed by atoms with Gasteiger partial charge in [0, 0.05) is 25.0 Å². The molecule has 19 heavy (non-hydrogen) atoms. The Hall–Kier alpha value is -0.870. The molecule has 1 aromatic carbocycles. The van der Waals surface area contributed by atoms with Crippen LogP contribution in [-0.4, -0.2) is 30.0 Å². The SMILES string of the molecule is O=C(CCc1ccccc1)NC1(CBr)CCOCC1. The third-order valence-electron chi connectivity index (χ3n) is 3.59. The molecule has 0 radical (unpaired) electrons. The van der Waals surface area contributed by atoms with Gasteiger partial charge in [0.25, 0.3) is 0 Å². The van der Waals surface area contributed by atoms with Crippen LogP contribution in [0.2, 0.25) is 0 Å². The molecule has 0 aromatic heterocycles. The topological polar surface area (TPSA) is 38.3 Å². The smallest absolute Gasteiger partial charge is 0.220 e. The predicted molar refractivity (Wildman–Crippen MR) is 79.5 cm³/mol. The summed E-state index contributed by atoms with van der Waals surface area (Å²) in [7, 11) is 0. The van der Waals surface area contributed by atoms with Crippen LogP contribution in [0.4, 0.5) is 0 Å². The van der Waals surface area contributed by atoms with Crippen LogP contribution in [0.15, 0.2) is 30.3 Å². The number of hydrogen-bond donors (Lipinski definition) is 1. The summed E-state index contributed by atoms with van der Waals surface area (Å²) in [5.41, 5.74) is 1.09. The van der Waals surface area contributed by atoms with Crippen molar-refractivity contribution in [3.8, 4) is 0 Å². The van der Waals surface area contributed by atoms with Crippen LogP contribution in [0.5, 0.6) is 0 Å². The Kier molecular flexibility index (Phi) is 5.40. The molecular formula is C15H20BrNO2. The number of nitrogens with one attached hydrogen (secondary N) is 1. The van der Waals surface area contributed by atoms with E-state index in [1.807, 2.05) is 18.2 Å². The van der Waals surface area contributed by atoms with Crippen LogP contribution in [0, 0.1) is 0 Å². The van der Waals surface area contributed by atoms with Crippen LogP contribution >= 0.6 is 15.9 Å². The molecular weight excluding hydrogens is 306 g/mol.